The number of carbonyl (C=O) groups is 2. The van der Waals surface area contributed by atoms with Crippen LogP contribution >= 0.6 is 0 Å². The van der Waals surface area contributed by atoms with E-state index in [1.807, 2.05) is 4.90 Å². The van der Waals surface area contributed by atoms with Crippen LogP contribution in [-0.4, -0.2) is 60.8 Å². The first-order chi connectivity index (χ1) is 18.7. The monoisotopic (exact) mass is 566 g/mol. The second-order valence-corrected chi connectivity index (χ2v) is 11.2. The van der Waals surface area contributed by atoms with Crippen LogP contribution in [0.25, 0.3) is 11.1 Å². The number of alkyl halides is 2. The molecule has 1 aliphatic carbocycles. The number of ether oxygens (including phenoxy) is 2. The Morgan fingerprint density at radius 1 is 1.02 bits per heavy atom. The van der Waals surface area contributed by atoms with Gasteiger partial charge in [0.1, 0.15) is 17.2 Å². The smallest absolute Gasteiger partial charge is 0.407 e. The van der Waals surface area contributed by atoms with Crippen LogP contribution in [0.2, 0.25) is 0 Å². The summed E-state index contributed by atoms with van der Waals surface area (Å²) < 4.78 is 66.8. The number of methoxy groups -OCH3 is 1. The molecule has 2 N–H and O–H groups in total. The number of halogens is 4. The summed E-state index contributed by atoms with van der Waals surface area (Å²) >= 11 is 0. The van der Waals surface area contributed by atoms with Gasteiger partial charge in [0.2, 0.25) is 11.8 Å². The van der Waals surface area contributed by atoms with Gasteiger partial charge in [-0.1, -0.05) is 0 Å². The summed E-state index contributed by atoms with van der Waals surface area (Å²) in [7, 11) is 1.35. The lowest BCUT2D eigenvalue weighted by molar-refractivity contribution is -0.0399. The predicted octanol–water partition coefficient (Wildman–Crippen LogP) is 5.45. The fourth-order valence-electron chi connectivity index (χ4n) is 5.10. The van der Waals surface area contributed by atoms with Crippen molar-refractivity contribution in [3.63, 3.8) is 0 Å². The van der Waals surface area contributed by atoms with Crippen LogP contribution in [0.1, 0.15) is 63.2 Å². The lowest BCUT2D eigenvalue weighted by Crippen LogP contribution is -2.42. The third kappa shape index (κ3) is 7.14. The highest BCUT2D eigenvalue weighted by Crippen LogP contribution is 2.42. The van der Waals surface area contributed by atoms with E-state index < -0.39 is 41.2 Å². The number of hydrogen-bond donors (Lipinski definition) is 2. The van der Waals surface area contributed by atoms with E-state index in [1.54, 1.807) is 20.8 Å². The summed E-state index contributed by atoms with van der Waals surface area (Å²) in [6, 6.07) is 2.15. The van der Waals surface area contributed by atoms with Crippen LogP contribution in [0, 0.1) is 11.6 Å². The van der Waals surface area contributed by atoms with Crippen molar-refractivity contribution in [3.05, 3.63) is 41.6 Å². The molecule has 2 aliphatic rings. The first-order valence-electron chi connectivity index (χ1n) is 13.2. The van der Waals surface area contributed by atoms with Crippen molar-refractivity contribution < 1.29 is 36.6 Å². The Labute approximate surface area is 230 Å². The normalized spacial score (nSPS) is 19.3. The molecule has 2 fully saturated rings. The Morgan fingerprint density at radius 3 is 2.27 bits per heavy atom. The van der Waals surface area contributed by atoms with Gasteiger partial charge in [-0.2, -0.15) is 0 Å². The van der Waals surface area contributed by atoms with Crippen molar-refractivity contribution in [2.75, 3.05) is 25.1 Å². The molecule has 0 bridgehead atoms. The first-order valence-corrected chi connectivity index (χ1v) is 13.2. The number of hydrogen-bond acceptors (Lipinski definition) is 6. The Kier molecular flexibility index (Phi) is 8.46. The van der Waals surface area contributed by atoms with E-state index in [0.29, 0.717) is 18.7 Å². The summed E-state index contributed by atoms with van der Waals surface area (Å²) in [6.45, 7) is 5.89. The molecule has 8 nitrogen and oxygen atoms in total. The largest absolute Gasteiger partial charge is 0.480 e. The highest BCUT2D eigenvalue weighted by atomic mass is 19.3. The van der Waals surface area contributed by atoms with E-state index in [1.165, 1.54) is 13.3 Å². The van der Waals surface area contributed by atoms with Gasteiger partial charge in [-0.05, 0) is 57.7 Å². The van der Waals surface area contributed by atoms with Crippen molar-refractivity contribution >= 4 is 17.7 Å². The van der Waals surface area contributed by atoms with Gasteiger partial charge in [-0.3, -0.25) is 4.79 Å². The Hall–Kier alpha value is -3.57. The van der Waals surface area contributed by atoms with Gasteiger partial charge in [0.25, 0.3) is 5.91 Å². The van der Waals surface area contributed by atoms with Gasteiger partial charge in [0.15, 0.2) is 0 Å². The highest BCUT2D eigenvalue weighted by molar-refractivity contribution is 6.04. The molecular weight excluding hydrogens is 532 g/mol. The molecule has 2 amide bonds. The molecule has 4 rings (SSSR count). The fraction of sp³-hybridized carbons (Fsp3) is 0.536. The van der Waals surface area contributed by atoms with Gasteiger partial charge < -0.3 is 25.0 Å². The minimum absolute atomic E-state index is 0.0393. The molecule has 1 aromatic carbocycles. The SMILES string of the molecule is COc1ncc(C(=O)NC2CCC(F)(F)CC2)c(N2CC[C@H](NC(=O)OC(C)(C)C)C2)c1-c1cc(F)cc(F)c1. The zero-order valence-electron chi connectivity index (χ0n) is 23.0. The van der Waals surface area contributed by atoms with Gasteiger partial charge >= 0.3 is 6.09 Å². The zero-order chi connectivity index (χ0) is 29.2. The summed E-state index contributed by atoms with van der Waals surface area (Å²) in [5.74, 6) is -4.92. The van der Waals surface area contributed by atoms with E-state index in [0.717, 1.165) is 18.2 Å². The van der Waals surface area contributed by atoms with E-state index in [2.05, 4.69) is 15.6 Å². The third-order valence-corrected chi connectivity index (χ3v) is 6.88. The quantitative estimate of drug-likeness (QED) is 0.452. The van der Waals surface area contributed by atoms with Crippen molar-refractivity contribution in [1.82, 2.24) is 15.6 Å². The number of alkyl carbamates (subject to hydrolysis) is 1. The van der Waals surface area contributed by atoms with E-state index in [9.17, 15) is 27.2 Å². The number of aromatic nitrogens is 1. The van der Waals surface area contributed by atoms with E-state index >= 15 is 0 Å². The van der Waals surface area contributed by atoms with Gasteiger partial charge in [0.05, 0.1) is 30.0 Å². The summed E-state index contributed by atoms with van der Waals surface area (Å²) in [5.41, 5.74) is 0.0118. The molecule has 12 heteroatoms. The molecule has 0 radical (unpaired) electrons. The van der Waals surface area contributed by atoms with Crippen molar-refractivity contribution in [2.24, 2.45) is 0 Å². The molecule has 218 valence electrons. The number of nitrogens with one attached hydrogen (secondary N) is 2. The van der Waals surface area contributed by atoms with Crippen LogP contribution < -0.4 is 20.3 Å². The van der Waals surface area contributed by atoms with Crippen LogP contribution in [0.15, 0.2) is 24.4 Å². The molecule has 1 aromatic heterocycles. The summed E-state index contributed by atoms with van der Waals surface area (Å²) in [4.78, 5) is 32.0. The topological polar surface area (TPSA) is 92.8 Å². The molecule has 2 aromatic rings. The van der Waals surface area contributed by atoms with Crippen LogP contribution in [-0.2, 0) is 4.74 Å². The molecule has 1 saturated heterocycles. The van der Waals surface area contributed by atoms with Crippen LogP contribution in [0.4, 0.5) is 28.0 Å². The minimum atomic E-state index is -2.76. The highest BCUT2D eigenvalue weighted by Gasteiger charge is 2.37. The van der Waals surface area contributed by atoms with E-state index in [-0.39, 0.29) is 60.8 Å². The van der Waals surface area contributed by atoms with Gasteiger partial charge in [0, 0.05) is 44.2 Å². The second kappa shape index (κ2) is 11.5. The summed E-state index contributed by atoms with van der Waals surface area (Å²) in [5, 5.41) is 5.65. The molecule has 40 heavy (non-hydrogen) atoms. The molecule has 1 aliphatic heterocycles. The number of rotatable bonds is 6. The summed E-state index contributed by atoms with van der Waals surface area (Å²) in [6.07, 6.45) is 0.781. The lowest BCUT2D eigenvalue weighted by Gasteiger charge is -2.30. The Bertz CT molecular complexity index is 1240. The predicted molar refractivity (Wildman–Crippen MR) is 141 cm³/mol. The molecule has 0 unspecified atom stereocenters. The van der Waals surface area contributed by atoms with E-state index in [4.69, 9.17) is 9.47 Å². The lowest BCUT2D eigenvalue weighted by atomic mass is 9.92. The maximum Gasteiger partial charge on any atom is 0.407 e. The standard InChI is InChI=1S/C28H34F4N4O4/c1-27(2,3)40-26(38)35-20-7-10-36(15-20)23-21(24(37)34-19-5-8-28(31,32)9-6-19)14-33-25(39-4)22(23)16-11-17(29)13-18(30)12-16/h11-14,19-20H,5-10,15H2,1-4H3,(H,34,37)(H,35,38)/t20-/m0/s1. The van der Waals surface area contributed by atoms with Crippen molar-refractivity contribution in [3.8, 4) is 17.0 Å². The average Bonchev–Trinajstić information content (AvgIpc) is 3.30. The van der Waals surface area contributed by atoms with Crippen LogP contribution in [0.3, 0.4) is 0 Å². The van der Waals surface area contributed by atoms with Crippen molar-refractivity contribution in [2.45, 2.75) is 76.5 Å². The number of pyridine rings is 1. The number of carbonyl (C=O) groups excluding carboxylic acids is 2. The minimum Gasteiger partial charge on any atom is -0.480 e. The Balaban J connectivity index is 1.71. The zero-order valence-corrected chi connectivity index (χ0v) is 23.0. The average molecular weight is 567 g/mol. The molecular formula is C28H34F4N4O4. The number of nitrogens with zero attached hydrogens (tertiary/aromatic N) is 2. The first kappa shape index (κ1) is 29.4. The molecule has 2 heterocycles. The molecule has 0 spiro atoms. The molecule has 1 saturated carbocycles. The molecule has 1 atom stereocenters. The second-order valence-electron chi connectivity index (χ2n) is 11.2. The number of benzene rings is 1. The maximum atomic E-state index is 14.3. The number of amides is 2. The fourth-order valence-corrected chi connectivity index (χ4v) is 5.10. The van der Waals surface area contributed by atoms with Crippen LogP contribution in [0.5, 0.6) is 5.88 Å². The maximum absolute atomic E-state index is 14.3. The van der Waals surface area contributed by atoms with Crippen molar-refractivity contribution in [1.29, 1.82) is 0 Å². The third-order valence-electron chi connectivity index (χ3n) is 6.88. The van der Waals surface area contributed by atoms with Gasteiger partial charge in [-0.25, -0.2) is 27.3 Å². The number of anilines is 1. The van der Waals surface area contributed by atoms with Gasteiger partial charge in [-0.15, -0.1) is 0 Å². The Morgan fingerprint density at radius 2 is 1.68 bits per heavy atom.